The van der Waals surface area contributed by atoms with Gasteiger partial charge in [-0.05, 0) is 43.5 Å². The van der Waals surface area contributed by atoms with Crippen LogP contribution in [0.3, 0.4) is 0 Å². The van der Waals surface area contributed by atoms with E-state index in [1.807, 2.05) is 57.1 Å². The van der Waals surface area contributed by atoms with E-state index in [0.717, 1.165) is 11.4 Å². The van der Waals surface area contributed by atoms with Crippen molar-refractivity contribution < 1.29 is 22.7 Å². The first-order valence-electron chi connectivity index (χ1n) is 11.7. The summed E-state index contributed by atoms with van der Waals surface area (Å²) < 4.78 is 47.3. The molecule has 1 fully saturated rings. The number of carbonyl (C=O) groups excluding carboxylic acids is 1. The minimum atomic E-state index is -4.28. The summed E-state index contributed by atoms with van der Waals surface area (Å²) >= 11 is 0. The number of alkyl halides is 3. The number of carbonyl (C=O) groups is 1. The summed E-state index contributed by atoms with van der Waals surface area (Å²) in [6.45, 7) is 5.87. The average Bonchev–Trinajstić information content (AvgIpc) is 3.44. The van der Waals surface area contributed by atoms with Crippen LogP contribution < -0.4 is 9.80 Å². The molecule has 1 unspecified atom stereocenters. The van der Waals surface area contributed by atoms with Crippen LogP contribution in [-0.4, -0.2) is 60.7 Å². The van der Waals surface area contributed by atoms with Crippen molar-refractivity contribution in [2.45, 2.75) is 39.3 Å². The maximum Gasteiger partial charge on any atom is 0.393 e. The van der Waals surface area contributed by atoms with Gasteiger partial charge in [0.25, 0.3) is 0 Å². The van der Waals surface area contributed by atoms with Crippen LogP contribution in [0.2, 0.25) is 0 Å². The Morgan fingerprint density at radius 3 is 2.60 bits per heavy atom. The van der Waals surface area contributed by atoms with Crippen molar-refractivity contribution in [2.24, 2.45) is 5.92 Å². The Kier molecular flexibility index (Phi) is 6.66. The zero-order chi connectivity index (χ0) is 25.5. The predicted molar refractivity (Wildman–Crippen MR) is 130 cm³/mol. The summed E-state index contributed by atoms with van der Waals surface area (Å²) in [6.07, 6.45) is -4.28. The second-order valence-electron chi connectivity index (χ2n) is 9.28. The molecule has 35 heavy (non-hydrogen) atoms. The van der Waals surface area contributed by atoms with Crippen molar-refractivity contribution in [1.29, 1.82) is 0 Å². The van der Waals surface area contributed by atoms with Gasteiger partial charge in [0, 0.05) is 32.9 Å². The van der Waals surface area contributed by atoms with E-state index in [-0.39, 0.29) is 37.7 Å². The summed E-state index contributed by atoms with van der Waals surface area (Å²) in [4.78, 5) is 21.0. The van der Waals surface area contributed by atoms with E-state index in [9.17, 15) is 18.0 Å². The Labute approximate surface area is 202 Å². The van der Waals surface area contributed by atoms with E-state index in [0.29, 0.717) is 22.4 Å². The lowest BCUT2D eigenvalue weighted by Gasteiger charge is -2.22. The topological polar surface area (TPSA) is 63.5 Å². The van der Waals surface area contributed by atoms with Crippen LogP contribution in [0.25, 0.3) is 16.7 Å². The first-order valence-corrected chi connectivity index (χ1v) is 11.7. The van der Waals surface area contributed by atoms with E-state index in [1.165, 1.54) is 0 Å². The normalized spacial score (nSPS) is 16.4. The molecule has 1 aromatic carbocycles. The second-order valence-corrected chi connectivity index (χ2v) is 9.28. The van der Waals surface area contributed by atoms with Gasteiger partial charge in [-0.1, -0.05) is 19.9 Å². The largest absolute Gasteiger partial charge is 0.461 e. The molecular formula is C25H30F3N5O2. The van der Waals surface area contributed by atoms with Gasteiger partial charge in [-0.3, -0.25) is 0 Å². The number of fused-ring (bicyclic) bond motifs is 1. The first-order chi connectivity index (χ1) is 16.5. The molecule has 0 bridgehead atoms. The number of esters is 1. The number of hydrogen-bond acceptors (Lipinski definition) is 6. The van der Waals surface area contributed by atoms with Crippen LogP contribution >= 0.6 is 0 Å². The Hall–Kier alpha value is -3.30. The fourth-order valence-corrected chi connectivity index (χ4v) is 4.41. The molecule has 7 nitrogen and oxygen atoms in total. The number of halogens is 3. The zero-order valence-electron chi connectivity index (χ0n) is 20.6. The number of rotatable bonds is 6. The second kappa shape index (κ2) is 9.39. The number of anilines is 2. The SMILES string of the molecule is CCOC(=O)c1cc(N2CCC(C(F)(F)F)C2)c2c(C(C)C)nn(-c3cccc(N(C)C)c3)c2n1. The average molecular weight is 490 g/mol. The maximum absolute atomic E-state index is 13.5. The Bertz CT molecular complexity index is 1240. The minimum Gasteiger partial charge on any atom is -0.461 e. The maximum atomic E-state index is 13.5. The number of ether oxygens (including phenoxy) is 1. The van der Waals surface area contributed by atoms with Crippen molar-refractivity contribution in [3.63, 3.8) is 0 Å². The van der Waals surface area contributed by atoms with Crippen molar-refractivity contribution in [3.05, 3.63) is 41.7 Å². The smallest absolute Gasteiger partial charge is 0.393 e. The van der Waals surface area contributed by atoms with Crippen molar-refractivity contribution in [2.75, 3.05) is 43.6 Å². The molecule has 188 valence electrons. The van der Waals surface area contributed by atoms with E-state index < -0.39 is 18.1 Å². The van der Waals surface area contributed by atoms with Gasteiger partial charge in [-0.15, -0.1) is 0 Å². The molecular weight excluding hydrogens is 459 g/mol. The molecule has 1 aliphatic heterocycles. The van der Waals surface area contributed by atoms with Crippen LogP contribution in [0.1, 0.15) is 49.3 Å². The molecule has 10 heteroatoms. The van der Waals surface area contributed by atoms with Crippen LogP contribution in [0, 0.1) is 5.92 Å². The summed E-state index contributed by atoms with van der Waals surface area (Å²) in [5.41, 5.74) is 3.39. The molecule has 2 aromatic heterocycles. The summed E-state index contributed by atoms with van der Waals surface area (Å²) in [5, 5.41) is 5.50. The summed E-state index contributed by atoms with van der Waals surface area (Å²) in [5.74, 6) is -2.07. The number of nitrogens with zero attached hydrogens (tertiary/aromatic N) is 5. The fourth-order valence-electron chi connectivity index (χ4n) is 4.41. The molecule has 0 spiro atoms. The van der Waals surface area contributed by atoms with Gasteiger partial charge in [-0.2, -0.15) is 18.3 Å². The van der Waals surface area contributed by atoms with Gasteiger partial charge >= 0.3 is 12.1 Å². The van der Waals surface area contributed by atoms with Gasteiger partial charge in [0.2, 0.25) is 0 Å². The van der Waals surface area contributed by atoms with Crippen LogP contribution in [-0.2, 0) is 4.74 Å². The van der Waals surface area contributed by atoms with E-state index in [2.05, 4.69) is 4.98 Å². The van der Waals surface area contributed by atoms with Crippen LogP contribution in [0.4, 0.5) is 24.5 Å². The summed E-state index contributed by atoms with van der Waals surface area (Å²) in [7, 11) is 3.86. The highest BCUT2D eigenvalue weighted by molar-refractivity contribution is 5.99. The molecule has 1 atom stereocenters. The first kappa shape index (κ1) is 24.8. The molecule has 0 N–H and O–H groups in total. The van der Waals surface area contributed by atoms with Gasteiger partial charge < -0.3 is 14.5 Å². The van der Waals surface area contributed by atoms with E-state index in [4.69, 9.17) is 9.84 Å². The molecule has 4 rings (SSSR count). The lowest BCUT2D eigenvalue weighted by atomic mass is 10.1. The monoisotopic (exact) mass is 489 g/mol. The molecule has 3 aromatic rings. The van der Waals surface area contributed by atoms with Crippen molar-refractivity contribution in [1.82, 2.24) is 14.8 Å². The third-order valence-corrected chi connectivity index (χ3v) is 6.26. The third-order valence-electron chi connectivity index (χ3n) is 6.26. The van der Waals surface area contributed by atoms with Gasteiger partial charge in [-0.25, -0.2) is 14.5 Å². The molecule has 0 amide bonds. The summed E-state index contributed by atoms with van der Waals surface area (Å²) in [6, 6.07) is 9.25. The number of hydrogen-bond donors (Lipinski definition) is 0. The lowest BCUT2D eigenvalue weighted by Crippen LogP contribution is -2.27. The van der Waals surface area contributed by atoms with Gasteiger partial charge in [0.05, 0.1) is 35.0 Å². The molecule has 0 aliphatic carbocycles. The molecule has 3 heterocycles. The highest BCUT2D eigenvalue weighted by atomic mass is 19.4. The highest BCUT2D eigenvalue weighted by Gasteiger charge is 2.44. The quantitative estimate of drug-likeness (QED) is 0.445. The number of aromatic nitrogens is 3. The zero-order valence-corrected chi connectivity index (χ0v) is 20.6. The molecule has 0 radical (unpaired) electrons. The van der Waals surface area contributed by atoms with Gasteiger partial charge in [0.1, 0.15) is 0 Å². The fraction of sp³-hybridized carbons (Fsp3) is 0.480. The number of benzene rings is 1. The van der Waals surface area contributed by atoms with E-state index in [1.54, 1.807) is 22.6 Å². The Morgan fingerprint density at radius 2 is 2.00 bits per heavy atom. The molecule has 1 saturated heterocycles. The van der Waals surface area contributed by atoms with Crippen LogP contribution in [0.5, 0.6) is 0 Å². The standard InChI is InChI=1S/C25H30F3N5O2/c1-6-35-24(34)19-13-20(32-11-10-16(14-32)25(26,27)28)21-22(15(2)3)30-33(23(21)29-19)18-9-7-8-17(12-18)31(4)5/h7-9,12-13,15-16H,6,10-11,14H2,1-5H3. The van der Waals surface area contributed by atoms with Crippen molar-refractivity contribution >= 4 is 28.4 Å². The molecule has 0 saturated carbocycles. The highest BCUT2D eigenvalue weighted by Crippen LogP contribution is 2.40. The number of pyridine rings is 1. The molecule has 1 aliphatic rings. The minimum absolute atomic E-state index is 0.00190. The van der Waals surface area contributed by atoms with Crippen LogP contribution in [0.15, 0.2) is 30.3 Å². The van der Waals surface area contributed by atoms with Crippen molar-refractivity contribution in [3.8, 4) is 5.69 Å². The predicted octanol–water partition coefficient (Wildman–Crippen LogP) is 5.18. The lowest BCUT2D eigenvalue weighted by molar-refractivity contribution is -0.168. The Morgan fingerprint density at radius 1 is 1.26 bits per heavy atom. The third kappa shape index (κ3) is 4.78. The Balaban J connectivity index is 1.96. The van der Waals surface area contributed by atoms with E-state index >= 15 is 0 Å². The van der Waals surface area contributed by atoms with Gasteiger partial charge in [0.15, 0.2) is 11.3 Å².